The van der Waals surface area contributed by atoms with Crippen molar-refractivity contribution in [3.63, 3.8) is 0 Å². The van der Waals surface area contributed by atoms with Gasteiger partial charge in [0.05, 0.1) is 5.92 Å². The van der Waals surface area contributed by atoms with Crippen LogP contribution in [0.2, 0.25) is 0 Å². The first-order valence-electron chi connectivity index (χ1n) is 9.87. The fourth-order valence-electron chi connectivity index (χ4n) is 3.85. The molecule has 3 rings (SSSR count). The summed E-state index contributed by atoms with van der Waals surface area (Å²) in [4.78, 5) is 38.8. The van der Waals surface area contributed by atoms with Crippen LogP contribution in [0.5, 0.6) is 0 Å². The van der Waals surface area contributed by atoms with E-state index in [-0.39, 0.29) is 24.3 Å². The number of hydrogen-bond donors (Lipinski definition) is 1. The molecule has 0 unspecified atom stereocenters. The summed E-state index contributed by atoms with van der Waals surface area (Å²) in [7, 11) is 0. The molecule has 1 aromatic rings. The molecule has 2 amide bonds. The van der Waals surface area contributed by atoms with Gasteiger partial charge in [0.15, 0.2) is 6.10 Å². The van der Waals surface area contributed by atoms with E-state index in [0.29, 0.717) is 12.2 Å². The third-order valence-corrected chi connectivity index (χ3v) is 5.55. The summed E-state index contributed by atoms with van der Waals surface area (Å²) in [5.41, 5.74) is 1.86. The maximum Gasteiger partial charge on any atom is 0.312 e. The summed E-state index contributed by atoms with van der Waals surface area (Å²) in [6.07, 6.45) is 4.52. The Morgan fingerprint density at radius 2 is 1.89 bits per heavy atom. The van der Waals surface area contributed by atoms with Gasteiger partial charge in [0.25, 0.3) is 5.91 Å². The molecule has 0 bridgehead atoms. The van der Waals surface area contributed by atoms with Crippen molar-refractivity contribution in [3.05, 3.63) is 29.8 Å². The van der Waals surface area contributed by atoms with E-state index in [9.17, 15) is 14.4 Å². The zero-order valence-electron chi connectivity index (χ0n) is 16.1. The maximum atomic E-state index is 12.4. The lowest BCUT2D eigenvalue weighted by atomic mass is 10.1. The first-order chi connectivity index (χ1) is 13.0. The van der Waals surface area contributed by atoms with Gasteiger partial charge in [-0.25, -0.2) is 0 Å². The predicted octanol–water partition coefficient (Wildman–Crippen LogP) is 2.91. The van der Waals surface area contributed by atoms with Crippen LogP contribution in [0.25, 0.3) is 0 Å². The van der Waals surface area contributed by atoms with E-state index >= 15 is 0 Å². The molecular weight excluding hydrogens is 344 g/mol. The smallest absolute Gasteiger partial charge is 0.312 e. The van der Waals surface area contributed by atoms with Crippen LogP contribution < -0.4 is 5.32 Å². The van der Waals surface area contributed by atoms with Gasteiger partial charge in [0.2, 0.25) is 5.91 Å². The second-order valence-electron chi connectivity index (χ2n) is 7.50. The standard InChI is InChI=1S/C21H28N2O4/c1-3-15-8-10-17(11-9-15)22-20(25)14(2)27-21(26)16-12-19(24)23(13-16)18-6-4-5-7-18/h8-11,14,16,18H,3-7,12-13H2,1-2H3,(H,22,25)/t14-,16-/m1/s1. The van der Waals surface area contributed by atoms with Gasteiger partial charge < -0.3 is 15.0 Å². The van der Waals surface area contributed by atoms with Crippen LogP contribution in [-0.4, -0.2) is 41.4 Å². The molecule has 0 radical (unpaired) electrons. The number of esters is 1. The Bertz CT molecular complexity index is 695. The summed E-state index contributed by atoms with van der Waals surface area (Å²) in [6, 6.07) is 7.84. The zero-order valence-corrected chi connectivity index (χ0v) is 16.1. The van der Waals surface area contributed by atoms with Crippen LogP contribution in [0, 0.1) is 5.92 Å². The first-order valence-corrected chi connectivity index (χ1v) is 9.87. The van der Waals surface area contributed by atoms with E-state index in [1.807, 2.05) is 29.2 Å². The fourth-order valence-corrected chi connectivity index (χ4v) is 3.85. The highest BCUT2D eigenvalue weighted by atomic mass is 16.5. The largest absolute Gasteiger partial charge is 0.452 e. The monoisotopic (exact) mass is 372 g/mol. The predicted molar refractivity (Wildman–Crippen MR) is 102 cm³/mol. The van der Waals surface area contributed by atoms with Crippen LogP contribution >= 0.6 is 0 Å². The molecule has 2 aliphatic rings. The third-order valence-electron chi connectivity index (χ3n) is 5.55. The second-order valence-corrected chi connectivity index (χ2v) is 7.50. The Kier molecular flexibility index (Phi) is 6.14. The fraction of sp³-hybridized carbons (Fsp3) is 0.571. The lowest BCUT2D eigenvalue weighted by molar-refractivity contribution is -0.157. The second kappa shape index (κ2) is 8.55. The van der Waals surface area contributed by atoms with E-state index < -0.39 is 18.0 Å². The Hall–Kier alpha value is -2.37. The van der Waals surface area contributed by atoms with Gasteiger partial charge in [0, 0.05) is 24.7 Å². The molecule has 1 saturated heterocycles. The molecule has 1 heterocycles. The van der Waals surface area contributed by atoms with Crippen LogP contribution in [0.4, 0.5) is 5.69 Å². The number of amides is 2. The van der Waals surface area contributed by atoms with Crippen molar-refractivity contribution >= 4 is 23.5 Å². The first kappa shape index (κ1) is 19.4. The van der Waals surface area contributed by atoms with Gasteiger partial charge in [-0.2, -0.15) is 0 Å². The molecule has 0 spiro atoms. The minimum absolute atomic E-state index is 0.0250. The van der Waals surface area contributed by atoms with E-state index in [4.69, 9.17) is 4.74 Å². The van der Waals surface area contributed by atoms with Crippen LogP contribution in [0.3, 0.4) is 0 Å². The third kappa shape index (κ3) is 4.67. The Balaban J connectivity index is 1.50. The van der Waals surface area contributed by atoms with Gasteiger partial charge >= 0.3 is 5.97 Å². The van der Waals surface area contributed by atoms with Crippen molar-refractivity contribution in [1.29, 1.82) is 0 Å². The average molecular weight is 372 g/mol. The molecule has 6 nitrogen and oxygen atoms in total. The van der Waals surface area contributed by atoms with Crippen molar-refractivity contribution in [2.45, 2.75) is 64.5 Å². The summed E-state index contributed by atoms with van der Waals surface area (Å²) >= 11 is 0. The number of carbonyl (C=O) groups is 3. The lowest BCUT2D eigenvalue weighted by Crippen LogP contribution is -2.36. The summed E-state index contributed by atoms with van der Waals surface area (Å²) in [5, 5.41) is 2.76. The SMILES string of the molecule is CCc1ccc(NC(=O)[C@@H](C)OC(=O)[C@@H]2CC(=O)N(C3CCCC3)C2)cc1. The highest BCUT2D eigenvalue weighted by Gasteiger charge is 2.40. The minimum Gasteiger partial charge on any atom is -0.452 e. The number of aryl methyl sites for hydroxylation is 1. The van der Waals surface area contributed by atoms with Crippen molar-refractivity contribution in [1.82, 2.24) is 4.90 Å². The molecule has 6 heteroatoms. The molecule has 1 aromatic carbocycles. The van der Waals surface area contributed by atoms with Crippen LogP contribution in [0.1, 0.15) is 51.5 Å². The highest BCUT2D eigenvalue weighted by Crippen LogP contribution is 2.30. The van der Waals surface area contributed by atoms with E-state index in [2.05, 4.69) is 12.2 Å². The van der Waals surface area contributed by atoms with Crippen molar-refractivity contribution in [2.75, 3.05) is 11.9 Å². The van der Waals surface area contributed by atoms with Crippen molar-refractivity contribution < 1.29 is 19.1 Å². The summed E-state index contributed by atoms with van der Waals surface area (Å²) in [6.45, 7) is 4.03. The highest BCUT2D eigenvalue weighted by molar-refractivity contribution is 5.95. The Labute approximate surface area is 160 Å². The van der Waals surface area contributed by atoms with E-state index in [1.165, 1.54) is 5.56 Å². The van der Waals surface area contributed by atoms with Gasteiger partial charge in [-0.15, -0.1) is 0 Å². The quantitative estimate of drug-likeness (QED) is 0.779. The molecule has 0 aromatic heterocycles. The number of ether oxygens (including phenoxy) is 1. The normalized spacial score (nSPS) is 21.3. The van der Waals surface area contributed by atoms with Crippen LogP contribution in [-0.2, 0) is 25.5 Å². The van der Waals surface area contributed by atoms with Crippen molar-refractivity contribution in [3.8, 4) is 0 Å². The molecule has 27 heavy (non-hydrogen) atoms. The topological polar surface area (TPSA) is 75.7 Å². The number of hydrogen-bond acceptors (Lipinski definition) is 4. The Morgan fingerprint density at radius 3 is 2.52 bits per heavy atom. The molecule has 146 valence electrons. The van der Waals surface area contributed by atoms with Gasteiger partial charge in [-0.05, 0) is 43.9 Å². The molecule has 2 atom stereocenters. The zero-order chi connectivity index (χ0) is 19.4. The number of nitrogens with zero attached hydrogens (tertiary/aromatic N) is 1. The van der Waals surface area contributed by atoms with E-state index in [1.54, 1.807) is 6.92 Å². The number of likely N-dealkylation sites (tertiary alicyclic amines) is 1. The number of carbonyl (C=O) groups excluding carboxylic acids is 3. The molecule has 1 saturated carbocycles. The number of benzene rings is 1. The number of rotatable bonds is 6. The average Bonchev–Trinajstić information content (AvgIpc) is 3.31. The minimum atomic E-state index is -0.904. The van der Waals surface area contributed by atoms with Gasteiger partial charge in [-0.3, -0.25) is 14.4 Å². The van der Waals surface area contributed by atoms with E-state index in [0.717, 1.165) is 32.1 Å². The summed E-state index contributed by atoms with van der Waals surface area (Å²) < 4.78 is 5.34. The molecule has 1 aliphatic carbocycles. The molecule has 1 N–H and O–H groups in total. The molecule has 2 fully saturated rings. The maximum absolute atomic E-state index is 12.4. The number of nitrogens with one attached hydrogen (secondary N) is 1. The number of anilines is 1. The van der Waals surface area contributed by atoms with Crippen molar-refractivity contribution in [2.24, 2.45) is 5.92 Å². The molecular formula is C21H28N2O4. The van der Waals surface area contributed by atoms with Gasteiger partial charge in [0.1, 0.15) is 0 Å². The Morgan fingerprint density at radius 1 is 1.22 bits per heavy atom. The molecule has 1 aliphatic heterocycles. The lowest BCUT2D eigenvalue weighted by Gasteiger charge is -2.24. The van der Waals surface area contributed by atoms with Crippen LogP contribution in [0.15, 0.2) is 24.3 Å². The van der Waals surface area contributed by atoms with Gasteiger partial charge in [-0.1, -0.05) is 31.9 Å². The summed E-state index contributed by atoms with van der Waals surface area (Å²) in [5.74, 6) is -1.29.